The lowest BCUT2D eigenvalue weighted by atomic mass is 10.0. The van der Waals surface area contributed by atoms with Crippen LogP contribution in [-0.4, -0.2) is 46.9 Å². The third kappa shape index (κ3) is 1.07. The van der Waals surface area contributed by atoms with E-state index in [1.54, 1.807) is 0 Å². The summed E-state index contributed by atoms with van der Waals surface area (Å²) in [6.07, 6.45) is -0.412. The lowest BCUT2D eigenvalue weighted by Crippen LogP contribution is -2.49. The van der Waals surface area contributed by atoms with Crippen LogP contribution in [-0.2, 0) is 0 Å². The van der Waals surface area contributed by atoms with Crippen LogP contribution in [0.4, 0.5) is 0 Å². The second-order valence-corrected chi connectivity index (χ2v) is 3.96. The third-order valence-corrected chi connectivity index (χ3v) is 3.21. The maximum absolute atomic E-state index is 9.73. The Morgan fingerprint density at radius 3 is 2.83 bits per heavy atom. The van der Waals surface area contributed by atoms with Gasteiger partial charge in [0.1, 0.15) is 0 Å². The van der Waals surface area contributed by atoms with Crippen LogP contribution in [0.1, 0.15) is 13.8 Å². The topological polar surface area (TPSA) is 61.3 Å². The number of nitrogens with one attached hydrogen (secondary N) is 1. The Morgan fingerprint density at radius 1 is 1.50 bits per heavy atom. The first-order chi connectivity index (χ1) is 5.63. The summed E-state index contributed by atoms with van der Waals surface area (Å²) in [6, 6.07) is 0.942. The molecule has 2 heterocycles. The molecule has 2 rings (SSSR count). The van der Waals surface area contributed by atoms with Crippen molar-refractivity contribution in [3.05, 3.63) is 0 Å². The van der Waals surface area contributed by atoms with Crippen LogP contribution in [0, 0.1) is 0 Å². The summed E-state index contributed by atoms with van der Waals surface area (Å²) >= 11 is 0. The van der Waals surface area contributed by atoms with Crippen molar-refractivity contribution in [1.82, 2.24) is 10.2 Å². The average Bonchev–Trinajstić information content (AvgIpc) is 2.70. The number of aliphatic hydroxyl groups excluding tert-OH is 1. The number of aliphatic hydroxyl groups is 1. The van der Waals surface area contributed by atoms with Gasteiger partial charge in [-0.1, -0.05) is 0 Å². The first kappa shape index (κ1) is 8.44. The molecular weight excluding hydrogens is 154 g/mol. The Labute approximate surface area is 72.7 Å². The van der Waals surface area contributed by atoms with Crippen molar-refractivity contribution >= 4 is 0 Å². The van der Waals surface area contributed by atoms with Gasteiger partial charge in [0.15, 0.2) is 0 Å². The Kier molecular flexibility index (Phi) is 1.88. The first-order valence-corrected chi connectivity index (χ1v) is 4.55. The number of fused-ring (bicyclic) bond motifs is 1. The van der Waals surface area contributed by atoms with Gasteiger partial charge in [-0.15, -0.1) is 0 Å². The predicted octanol–water partition coefficient (Wildman–Crippen LogP) is -1.30. The molecular formula is C8H17N3O. The Balaban J connectivity index is 2.08. The van der Waals surface area contributed by atoms with Crippen molar-refractivity contribution in [2.75, 3.05) is 6.67 Å². The van der Waals surface area contributed by atoms with Crippen LogP contribution in [0.2, 0.25) is 0 Å². The smallest absolute Gasteiger partial charge is 0.0857 e. The van der Waals surface area contributed by atoms with Crippen LogP contribution in [0.15, 0.2) is 0 Å². The zero-order valence-electron chi connectivity index (χ0n) is 7.57. The van der Waals surface area contributed by atoms with Gasteiger partial charge in [-0.05, 0) is 13.8 Å². The van der Waals surface area contributed by atoms with E-state index in [-0.39, 0.29) is 12.1 Å². The Bertz CT molecular complexity index is 185. The van der Waals surface area contributed by atoms with E-state index in [0.29, 0.717) is 12.1 Å². The van der Waals surface area contributed by atoms with Crippen molar-refractivity contribution in [3.63, 3.8) is 0 Å². The molecule has 70 valence electrons. The molecule has 0 radical (unpaired) electrons. The molecule has 12 heavy (non-hydrogen) atoms. The van der Waals surface area contributed by atoms with Crippen molar-refractivity contribution in [3.8, 4) is 0 Å². The summed E-state index contributed by atoms with van der Waals surface area (Å²) in [5.74, 6) is 0. The highest BCUT2D eigenvalue weighted by Crippen LogP contribution is 2.32. The van der Waals surface area contributed by atoms with Gasteiger partial charge in [0.25, 0.3) is 0 Å². The molecule has 0 aliphatic carbocycles. The number of nitrogens with zero attached hydrogens (tertiary/aromatic N) is 1. The molecule has 2 saturated heterocycles. The number of hydrogen-bond donors (Lipinski definition) is 3. The van der Waals surface area contributed by atoms with E-state index >= 15 is 0 Å². The van der Waals surface area contributed by atoms with Crippen molar-refractivity contribution in [2.45, 2.75) is 44.1 Å². The van der Waals surface area contributed by atoms with Gasteiger partial charge in [0.05, 0.1) is 6.10 Å². The molecule has 0 saturated carbocycles. The van der Waals surface area contributed by atoms with E-state index in [0.717, 1.165) is 6.67 Å². The van der Waals surface area contributed by atoms with Crippen LogP contribution < -0.4 is 11.1 Å². The largest absolute Gasteiger partial charge is 0.390 e. The highest BCUT2D eigenvalue weighted by molar-refractivity contribution is 5.10. The minimum atomic E-state index is -0.412. The SMILES string of the molecule is C[C@@H]1NCN2[C@H]([C@@H](N)C1O)[C@@H]2C. The molecule has 2 fully saturated rings. The molecule has 0 spiro atoms. The minimum Gasteiger partial charge on any atom is -0.390 e. The lowest BCUT2D eigenvalue weighted by molar-refractivity contribution is 0.113. The molecule has 0 aromatic carbocycles. The molecule has 2 unspecified atom stereocenters. The van der Waals surface area contributed by atoms with Gasteiger partial charge >= 0.3 is 0 Å². The maximum Gasteiger partial charge on any atom is 0.0857 e. The second-order valence-electron chi connectivity index (χ2n) is 3.96. The Hall–Kier alpha value is -0.160. The minimum absolute atomic E-state index is 0.0926. The standard InChI is InChI=1S/C8H17N3O/c1-4-8(12)6(9)7-5(2)11(7)3-10-4/h4-8,10,12H,3,9H2,1-2H3/t4-,5-,6+,7-,8?,11?/m0/s1. The molecule has 4 heteroatoms. The van der Waals surface area contributed by atoms with Crippen LogP contribution in [0.25, 0.3) is 0 Å². The highest BCUT2D eigenvalue weighted by Gasteiger charge is 2.51. The molecule has 0 aromatic heterocycles. The summed E-state index contributed by atoms with van der Waals surface area (Å²) in [4.78, 5) is 2.28. The van der Waals surface area contributed by atoms with Crippen LogP contribution in [0.3, 0.4) is 0 Å². The Morgan fingerprint density at radius 2 is 2.17 bits per heavy atom. The average molecular weight is 171 g/mol. The fourth-order valence-corrected chi connectivity index (χ4v) is 2.13. The number of rotatable bonds is 0. The third-order valence-electron chi connectivity index (χ3n) is 3.21. The van der Waals surface area contributed by atoms with Crippen molar-refractivity contribution < 1.29 is 5.11 Å². The quantitative estimate of drug-likeness (QED) is 0.396. The summed E-state index contributed by atoms with van der Waals surface area (Å²) in [6.45, 7) is 4.98. The van der Waals surface area contributed by atoms with Crippen molar-refractivity contribution in [1.29, 1.82) is 0 Å². The van der Waals surface area contributed by atoms with Gasteiger partial charge in [0.2, 0.25) is 0 Å². The van der Waals surface area contributed by atoms with E-state index in [2.05, 4.69) is 17.1 Å². The molecule has 0 bridgehead atoms. The molecule has 6 atom stereocenters. The molecule has 2 aliphatic rings. The van der Waals surface area contributed by atoms with Crippen LogP contribution in [0.5, 0.6) is 0 Å². The predicted molar refractivity (Wildman–Crippen MR) is 46.5 cm³/mol. The fraction of sp³-hybridized carbons (Fsp3) is 1.00. The summed E-state index contributed by atoms with van der Waals surface area (Å²) < 4.78 is 0. The molecule has 0 amide bonds. The fourth-order valence-electron chi connectivity index (χ4n) is 2.13. The summed E-state index contributed by atoms with van der Waals surface area (Å²) in [5.41, 5.74) is 5.91. The molecule has 2 aliphatic heterocycles. The number of hydrogen-bond acceptors (Lipinski definition) is 4. The van der Waals surface area contributed by atoms with E-state index in [1.807, 2.05) is 6.92 Å². The monoisotopic (exact) mass is 171 g/mol. The zero-order chi connectivity index (χ0) is 8.88. The lowest BCUT2D eigenvalue weighted by Gasteiger charge is -2.22. The van der Waals surface area contributed by atoms with E-state index in [1.165, 1.54) is 0 Å². The van der Waals surface area contributed by atoms with E-state index in [4.69, 9.17) is 5.73 Å². The van der Waals surface area contributed by atoms with E-state index in [9.17, 15) is 5.11 Å². The van der Waals surface area contributed by atoms with Gasteiger partial charge in [0, 0.05) is 30.8 Å². The van der Waals surface area contributed by atoms with Crippen LogP contribution >= 0.6 is 0 Å². The maximum atomic E-state index is 9.73. The first-order valence-electron chi connectivity index (χ1n) is 4.55. The van der Waals surface area contributed by atoms with Gasteiger partial charge in [-0.2, -0.15) is 0 Å². The molecule has 4 nitrogen and oxygen atoms in total. The highest BCUT2D eigenvalue weighted by atomic mass is 16.3. The zero-order valence-corrected chi connectivity index (χ0v) is 7.57. The van der Waals surface area contributed by atoms with Crippen molar-refractivity contribution in [2.24, 2.45) is 5.73 Å². The van der Waals surface area contributed by atoms with Gasteiger partial charge in [-0.25, -0.2) is 0 Å². The van der Waals surface area contributed by atoms with Gasteiger partial charge in [-0.3, -0.25) is 10.2 Å². The summed E-state index contributed by atoms with van der Waals surface area (Å²) in [5, 5.41) is 13.0. The molecule has 0 aromatic rings. The summed E-state index contributed by atoms with van der Waals surface area (Å²) in [7, 11) is 0. The van der Waals surface area contributed by atoms with Gasteiger partial charge < -0.3 is 10.8 Å². The number of nitrogens with two attached hydrogens (primary N) is 1. The molecule has 4 N–H and O–H groups in total. The van der Waals surface area contributed by atoms with E-state index < -0.39 is 6.10 Å². The second kappa shape index (κ2) is 2.67. The normalized spacial score (nSPS) is 59.0.